The predicted octanol–water partition coefficient (Wildman–Crippen LogP) is 3.29. The van der Waals surface area contributed by atoms with E-state index in [1.54, 1.807) is 4.90 Å². The van der Waals surface area contributed by atoms with E-state index in [0.717, 1.165) is 69.1 Å². The van der Waals surface area contributed by atoms with Gasteiger partial charge in [0.05, 0.1) is 51.2 Å². The predicted molar refractivity (Wildman–Crippen MR) is 226 cm³/mol. The Bertz CT molecular complexity index is 1390. The van der Waals surface area contributed by atoms with Crippen molar-refractivity contribution in [3.05, 3.63) is 36.5 Å². The van der Waals surface area contributed by atoms with Crippen LogP contribution in [0.2, 0.25) is 0 Å². The average Bonchev–Trinajstić information content (AvgIpc) is 3.52. The third-order valence-corrected chi connectivity index (χ3v) is 10.4. The van der Waals surface area contributed by atoms with Gasteiger partial charge in [0.2, 0.25) is 23.6 Å². The number of ether oxygens (including phenoxy) is 5. The van der Waals surface area contributed by atoms with Crippen LogP contribution in [0.25, 0.3) is 0 Å². The Hall–Kier alpha value is -3.96. The molecule has 4 atom stereocenters. The van der Waals surface area contributed by atoms with Gasteiger partial charge >= 0.3 is 0 Å². The second-order valence-electron chi connectivity index (χ2n) is 15.5. The summed E-state index contributed by atoms with van der Waals surface area (Å²) >= 11 is 0. The van der Waals surface area contributed by atoms with Crippen molar-refractivity contribution < 1.29 is 52.5 Å². The molecule has 60 heavy (non-hydrogen) atoms. The third kappa shape index (κ3) is 23.1. The van der Waals surface area contributed by atoms with E-state index in [2.05, 4.69) is 40.3 Å². The van der Waals surface area contributed by atoms with Gasteiger partial charge in [-0.1, -0.05) is 24.3 Å². The lowest BCUT2D eigenvalue weighted by Crippen LogP contribution is -2.38. The third-order valence-electron chi connectivity index (χ3n) is 10.4. The largest absolute Gasteiger partial charge is 0.380 e. The first-order valence-electron chi connectivity index (χ1n) is 22.0. The minimum Gasteiger partial charge on any atom is -0.380 e. The normalized spacial score (nSPS) is 20.3. The molecule has 6 amide bonds. The minimum atomic E-state index is -0.432. The molecule has 0 bridgehead atoms. The Morgan fingerprint density at radius 3 is 1.97 bits per heavy atom. The Morgan fingerprint density at radius 2 is 1.28 bits per heavy atom. The number of rotatable bonds is 29. The van der Waals surface area contributed by atoms with Gasteiger partial charge in [-0.05, 0) is 90.9 Å². The first kappa shape index (κ1) is 50.4. The lowest BCUT2D eigenvalue weighted by Gasteiger charge is -2.25. The highest BCUT2D eigenvalue weighted by Gasteiger charge is 2.23. The molecule has 3 aliphatic rings. The van der Waals surface area contributed by atoms with Crippen molar-refractivity contribution in [3.63, 3.8) is 0 Å². The molecule has 0 spiro atoms. The van der Waals surface area contributed by atoms with Crippen molar-refractivity contribution in [1.29, 1.82) is 0 Å². The molecule has 1 heterocycles. The highest BCUT2D eigenvalue weighted by Crippen LogP contribution is 2.16. The Kier molecular flexibility index (Phi) is 26.0. The smallest absolute Gasteiger partial charge is 0.253 e. The molecular formula is C44H71N5O11. The molecule has 338 valence electrons. The van der Waals surface area contributed by atoms with Gasteiger partial charge in [0.1, 0.15) is 13.2 Å². The number of amides is 6. The Morgan fingerprint density at radius 1 is 0.683 bits per heavy atom. The van der Waals surface area contributed by atoms with Crippen molar-refractivity contribution in [2.75, 3.05) is 79.0 Å². The van der Waals surface area contributed by atoms with E-state index in [1.807, 2.05) is 13.8 Å². The summed E-state index contributed by atoms with van der Waals surface area (Å²) in [6, 6.07) is -0.101. The zero-order valence-electron chi connectivity index (χ0n) is 36.0. The van der Waals surface area contributed by atoms with Gasteiger partial charge in [0.15, 0.2) is 0 Å². The molecule has 16 nitrogen and oxygen atoms in total. The van der Waals surface area contributed by atoms with E-state index in [9.17, 15) is 28.8 Å². The Balaban J connectivity index is 1.33. The molecule has 0 saturated carbocycles. The van der Waals surface area contributed by atoms with Crippen LogP contribution in [0, 0.1) is 0 Å². The van der Waals surface area contributed by atoms with Gasteiger partial charge in [-0.3, -0.25) is 33.7 Å². The number of allylic oxidation sites excluding steroid dienone is 4. The summed E-state index contributed by atoms with van der Waals surface area (Å²) in [6.45, 7) is 6.69. The molecular weight excluding hydrogens is 775 g/mol. The average molecular weight is 846 g/mol. The molecule has 0 aromatic rings. The van der Waals surface area contributed by atoms with E-state index >= 15 is 0 Å². The summed E-state index contributed by atoms with van der Waals surface area (Å²) in [7, 11) is 0. The van der Waals surface area contributed by atoms with E-state index in [0.29, 0.717) is 52.3 Å². The number of carbonyl (C=O) groups is 6. The van der Waals surface area contributed by atoms with E-state index in [1.165, 1.54) is 12.2 Å². The van der Waals surface area contributed by atoms with Crippen molar-refractivity contribution in [1.82, 2.24) is 25.8 Å². The summed E-state index contributed by atoms with van der Waals surface area (Å²) in [5, 5.41) is 8.52. The maximum absolute atomic E-state index is 13.3. The maximum Gasteiger partial charge on any atom is 0.253 e. The number of nitrogens with zero attached hydrogens (tertiary/aromatic N) is 2. The molecule has 1 aliphatic heterocycles. The van der Waals surface area contributed by atoms with Crippen LogP contribution in [0.15, 0.2) is 36.5 Å². The van der Waals surface area contributed by atoms with Crippen molar-refractivity contribution in [2.24, 2.45) is 0 Å². The molecule has 0 aromatic carbocycles. The van der Waals surface area contributed by atoms with Crippen LogP contribution in [0.4, 0.5) is 0 Å². The number of imide groups is 1. The lowest BCUT2D eigenvalue weighted by atomic mass is 10.0. The highest BCUT2D eigenvalue weighted by molar-refractivity contribution is 6.13. The van der Waals surface area contributed by atoms with E-state index < -0.39 is 11.8 Å². The summed E-state index contributed by atoms with van der Waals surface area (Å²) < 4.78 is 29.2. The van der Waals surface area contributed by atoms with E-state index in [4.69, 9.17) is 23.7 Å². The van der Waals surface area contributed by atoms with Gasteiger partial charge in [0.25, 0.3) is 11.8 Å². The Labute approximate surface area is 356 Å². The monoisotopic (exact) mass is 846 g/mol. The van der Waals surface area contributed by atoms with Crippen LogP contribution >= 0.6 is 0 Å². The highest BCUT2D eigenvalue weighted by atomic mass is 16.5. The summed E-state index contributed by atoms with van der Waals surface area (Å²) in [6.07, 6.45) is 22.4. The van der Waals surface area contributed by atoms with Crippen LogP contribution in [-0.4, -0.2) is 149 Å². The zero-order valence-corrected chi connectivity index (χ0v) is 36.0. The van der Waals surface area contributed by atoms with Gasteiger partial charge < -0.3 is 44.5 Å². The standard InChI is InChI=1S/C44H71N5O11/c1-35(47-41(52)34-60-38-15-11-7-4-8-12-16-38)21-28-57-32-27-48(42(53)22-29-56-30-23-45-39(50)20-26-49-43(54)17-18-44(49)55)25-19-36(2)58-31-24-46-40(51)33-59-37-13-9-5-3-6-10-14-37/h3-5,7,17-18,35-38H,6,8-16,19-34H2,1-2H3,(H,45,50)(H,46,51)(H,47,52)/b5-3+,7-4+. The molecule has 0 fully saturated rings. The second-order valence-corrected chi connectivity index (χ2v) is 15.5. The number of nitrogens with one attached hydrogen (secondary N) is 3. The summed E-state index contributed by atoms with van der Waals surface area (Å²) in [5.41, 5.74) is 0. The topological polar surface area (TPSA) is 191 Å². The minimum absolute atomic E-state index is 0.00364. The maximum atomic E-state index is 13.3. The van der Waals surface area contributed by atoms with Crippen LogP contribution in [-0.2, 0) is 52.5 Å². The molecule has 3 rings (SSSR count). The zero-order chi connectivity index (χ0) is 43.2. The molecule has 2 aliphatic carbocycles. The number of carbonyl (C=O) groups excluding carboxylic acids is 6. The first-order valence-corrected chi connectivity index (χ1v) is 22.0. The van der Waals surface area contributed by atoms with Gasteiger partial charge in [-0.15, -0.1) is 0 Å². The quantitative estimate of drug-likeness (QED) is 0.0569. The van der Waals surface area contributed by atoms with Gasteiger partial charge in [-0.25, -0.2) is 0 Å². The lowest BCUT2D eigenvalue weighted by molar-refractivity contribution is -0.137. The molecule has 0 aromatic heterocycles. The SMILES string of the molecule is CC(CCOCCN(CCC(C)OCCNC(=O)COC1CC/C=C/CCC1)C(=O)CCOCCNC(=O)CCN1C(=O)C=CC1=O)NC(=O)COC1CC/C=C/CCC1. The van der Waals surface area contributed by atoms with Gasteiger partial charge in [0, 0.05) is 63.9 Å². The van der Waals surface area contributed by atoms with Crippen molar-refractivity contribution in [3.8, 4) is 0 Å². The molecule has 0 saturated heterocycles. The summed E-state index contributed by atoms with van der Waals surface area (Å²) in [5.74, 6) is -1.60. The van der Waals surface area contributed by atoms with Crippen LogP contribution < -0.4 is 16.0 Å². The van der Waals surface area contributed by atoms with Gasteiger partial charge in [-0.2, -0.15) is 0 Å². The van der Waals surface area contributed by atoms with E-state index in [-0.39, 0.29) is 100 Å². The number of hydrogen-bond acceptors (Lipinski definition) is 11. The molecule has 0 radical (unpaired) electrons. The summed E-state index contributed by atoms with van der Waals surface area (Å²) in [4.78, 5) is 76.3. The van der Waals surface area contributed by atoms with Crippen LogP contribution in [0.5, 0.6) is 0 Å². The van der Waals surface area contributed by atoms with Crippen LogP contribution in [0.1, 0.15) is 104 Å². The molecule has 4 unspecified atom stereocenters. The number of hydrogen-bond donors (Lipinski definition) is 3. The van der Waals surface area contributed by atoms with Crippen molar-refractivity contribution in [2.45, 2.75) is 128 Å². The molecule has 3 N–H and O–H groups in total. The fourth-order valence-corrected chi connectivity index (χ4v) is 6.82. The fourth-order valence-electron chi connectivity index (χ4n) is 6.82. The van der Waals surface area contributed by atoms with Crippen molar-refractivity contribution >= 4 is 35.4 Å². The fraction of sp³-hybridized carbons (Fsp3) is 0.727. The van der Waals surface area contributed by atoms with Crippen LogP contribution in [0.3, 0.4) is 0 Å². The molecule has 16 heteroatoms. The first-order chi connectivity index (χ1) is 29.1. The second kappa shape index (κ2) is 31.0.